The summed E-state index contributed by atoms with van der Waals surface area (Å²) in [6.07, 6.45) is 3.90. The molecule has 0 saturated carbocycles. The van der Waals surface area contributed by atoms with E-state index in [0.717, 1.165) is 73.4 Å². The molecule has 0 N–H and O–H groups in total. The van der Waals surface area contributed by atoms with E-state index in [9.17, 15) is 0 Å². The molecule has 6 aromatic rings. The molecule has 1 fully saturated rings. The molecule has 0 spiro atoms. The minimum atomic E-state index is 0.496. The third-order valence-electron chi connectivity index (χ3n) is 8.59. The molecule has 0 bridgehead atoms. The van der Waals surface area contributed by atoms with Crippen molar-refractivity contribution in [1.82, 2.24) is 68.5 Å². The number of nitrogens with zero attached hydrogens (tertiary/aromatic N) is 14. The number of piperazine rings is 1. The first-order valence-corrected chi connectivity index (χ1v) is 17.0. The van der Waals surface area contributed by atoms with Crippen molar-refractivity contribution >= 4 is 24.4 Å². The first-order chi connectivity index (χ1) is 23.5. The van der Waals surface area contributed by atoms with Crippen molar-refractivity contribution < 1.29 is 0 Å². The average Bonchev–Trinajstić information content (AvgIpc) is 3.90. The Morgan fingerprint density at radius 2 is 0.979 bits per heavy atom. The lowest BCUT2D eigenvalue weighted by Gasteiger charge is -2.34. The number of hydrogen-bond donors (Lipinski definition) is 0. The maximum atomic E-state index is 5.85. The molecule has 1 saturated heterocycles. The second-order valence-corrected chi connectivity index (χ2v) is 12.5. The molecule has 2 aromatic carbocycles. The quantitative estimate of drug-likeness (QED) is 0.176. The first kappa shape index (κ1) is 31.9. The van der Waals surface area contributed by atoms with Gasteiger partial charge >= 0.3 is 0 Å². The van der Waals surface area contributed by atoms with Crippen LogP contribution in [0.15, 0.2) is 73.1 Å². The van der Waals surface area contributed by atoms with Crippen LogP contribution in [0.1, 0.15) is 25.5 Å². The molecule has 0 radical (unpaired) electrons. The lowest BCUT2D eigenvalue weighted by atomic mass is 10.2. The molecule has 0 atom stereocenters. The number of hydrogen-bond acceptors (Lipinski definition) is 10. The molecule has 248 valence electrons. The molecule has 7 rings (SSSR count). The highest BCUT2D eigenvalue weighted by Gasteiger charge is 2.21. The molecule has 14 nitrogen and oxygen atoms in total. The Morgan fingerprint density at radius 1 is 0.583 bits per heavy atom. The Kier molecular flexibility index (Phi) is 9.47. The van der Waals surface area contributed by atoms with E-state index < -0.39 is 0 Å². The highest BCUT2D eigenvalue weighted by atomic mass is 32.1. The second kappa shape index (κ2) is 14.2. The molecular formula is C32H38N14S2. The third kappa shape index (κ3) is 6.82. The van der Waals surface area contributed by atoms with Crippen molar-refractivity contribution in [2.45, 2.75) is 53.4 Å². The van der Waals surface area contributed by atoms with Crippen LogP contribution in [-0.2, 0) is 39.5 Å². The van der Waals surface area contributed by atoms with Crippen LogP contribution in [-0.4, -0.2) is 94.7 Å². The van der Waals surface area contributed by atoms with E-state index in [1.54, 1.807) is 0 Å². The lowest BCUT2D eigenvalue weighted by molar-refractivity contribution is 0.0790. The molecule has 1 aliphatic rings. The van der Waals surface area contributed by atoms with Crippen LogP contribution >= 0.6 is 24.4 Å². The number of aromatic nitrogens is 12. The van der Waals surface area contributed by atoms with Crippen molar-refractivity contribution in [3.63, 3.8) is 0 Å². The summed E-state index contributed by atoms with van der Waals surface area (Å²) in [5.74, 6) is 1.73. The average molecular weight is 683 g/mol. The molecule has 5 heterocycles. The van der Waals surface area contributed by atoms with E-state index in [4.69, 9.17) is 34.6 Å². The van der Waals surface area contributed by atoms with E-state index >= 15 is 0 Å². The summed E-state index contributed by atoms with van der Waals surface area (Å²) in [4.78, 5) is 4.77. The van der Waals surface area contributed by atoms with Crippen LogP contribution in [0.2, 0.25) is 0 Å². The standard InChI is InChI=1S/C32H38N14S2/c1-3-43-29(21-41-19-27(33-37-41)25-11-7-5-8-12-25)35-45(31(43)47)23-39-15-17-40(18-16-39)24-46-32(48)44(4-2)30(36-46)22-42-20-28(34-38-42)26-13-9-6-10-14-26/h5-14,19-20H,3-4,15-18,21-24H2,1-2H3. The number of rotatable bonds is 12. The Balaban J connectivity index is 0.965. The third-order valence-corrected chi connectivity index (χ3v) is 9.45. The Labute approximate surface area is 288 Å². The fourth-order valence-electron chi connectivity index (χ4n) is 6.00. The maximum absolute atomic E-state index is 5.85. The van der Waals surface area contributed by atoms with Gasteiger partial charge in [0.15, 0.2) is 21.2 Å². The summed E-state index contributed by atoms with van der Waals surface area (Å²) in [5, 5.41) is 27.2. The van der Waals surface area contributed by atoms with E-state index in [1.807, 2.05) is 91.8 Å². The van der Waals surface area contributed by atoms with Crippen molar-refractivity contribution in [2.75, 3.05) is 26.2 Å². The Bertz CT molecular complexity index is 1930. The van der Waals surface area contributed by atoms with Gasteiger partial charge in [0.25, 0.3) is 0 Å². The highest BCUT2D eigenvalue weighted by molar-refractivity contribution is 7.71. The molecular weight excluding hydrogens is 645 g/mol. The molecule has 0 unspecified atom stereocenters. The van der Waals surface area contributed by atoms with Gasteiger partial charge in [-0.1, -0.05) is 71.1 Å². The van der Waals surface area contributed by atoms with E-state index in [0.29, 0.717) is 36.0 Å². The van der Waals surface area contributed by atoms with Crippen molar-refractivity contribution in [2.24, 2.45) is 0 Å². The largest absolute Gasteiger partial charge is 0.303 e. The molecule has 0 aliphatic carbocycles. The fraction of sp³-hybridized carbons (Fsp3) is 0.375. The summed E-state index contributed by atoms with van der Waals surface area (Å²) < 4.78 is 13.1. The monoisotopic (exact) mass is 682 g/mol. The zero-order valence-corrected chi connectivity index (χ0v) is 28.7. The second-order valence-electron chi connectivity index (χ2n) is 11.7. The molecule has 4 aromatic heterocycles. The molecule has 1 aliphatic heterocycles. The van der Waals surface area contributed by atoms with Gasteiger partial charge in [-0.15, -0.1) is 10.2 Å². The smallest absolute Gasteiger partial charge is 0.199 e. The van der Waals surface area contributed by atoms with Crippen LogP contribution in [0.5, 0.6) is 0 Å². The van der Waals surface area contributed by atoms with E-state index in [-0.39, 0.29) is 0 Å². The van der Waals surface area contributed by atoms with Gasteiger partial charge in [0.2, 0.25) is 0 Å². The molecule has 48 heavy (non-hydrogen) atoms. The topological polar surface area (TPSA) is 113 Å². The van der Waals surface area contributed by atoms with Gasteiger partial charge in [-0.2, -0.15) is 10.2 Å². The van der Waals surface area contributed by atoms with Crippen LogP contribution < -0.4 is 0 Å². The van der Waals surface area contributed by atoms with Gasteiger partial charge in [0, 0.05) is 50.4 Å². The zero-order valence-electron chi connectivity index (χ0n) is 27.1. The van der Waals surface area contributed by atoms with Gasteiger partial charge < -0.3 is 9.13 Å². The first-order valence-electron chi connectivity index (χ1n) is 16.2. The van der Waals surface area contributed by atoms with Crippen molar-refractivity contribution in [3.8, 4) is 22.5 Å². The van der Waals surface area contributed by atoms with Gasteiger partial charge in [0.05, 0.1) is 25.7 Å². The zero-order chi connectivity index (χ0) is 33.0. The Hall–Kier alpha value is -4.64. The fourth-order valence-corrected chi connectivity index (χ4v) is 6.67. The van der Waals surface area contributed by atoms with Crippen LogP contribution in [0.25, 0.3) is 22.5 Å². The predicted molar refractivity (Wildman–Crippen MR) is 186 cm³/mol. The van der Waals surface area contributed by atoms with E-state index in [1.165, 1.54) is 0 Å². The maximum Gasteiger partial charge on any atom is 0.199 e. The van der Waals surface area contributed by atoms with Crippen molar-refractivity contribution in [3.05, 3.63) is 94.2 Å². The van der Waals surface area contributed by atoms with Gasteiger partial charge in [-0.05, 0) is 38.3 Å². The van der Waals surface area contributed by atoms with Crippen LogP contribution in [0.4, 0.5) is 0 Å². The highest BCUT2D eigenvalue weighted by Crippen LogP contribution is 2.17. The van der Waals surface area contributed by atoms with Gasteiger partial charge in [-0.3, -0.25) is 9.80 Å². The number of benzene rings is 2. The van der Waals surface area contributed by atoms with Gasteiger partial charge in [-0.25, -0.2) is 18.7 Å². The minimum Gasteiger partial charge on any atom is -0.303 e. The summed E-state index contributed by atoms with van der Waals surface area (Å²) in [7, 11) is 0. The Morgan fingerprint density at radius 3 is 1.35 bits per heavy atom. The summed E-state index contributed by atoms with van der Waals surface area (Å²) >= 11 is 11.7. The molecule has 0 amide bonds. The summed E-state index contributed by atoms with van der Waals surface area (Å²) in [6.45, 7) is 11.5. The van der Waals surface area contributed by atoms with Gasteiger partial charge in [0.1, 0.15) is 24.5 Å². The summed E-state index contributed by atoms with van der Waals surface area (Å²) in [5.41, 5.74) is 3.74. The van der Waals surface area contributed by atoms with Crippen LogP contribution in [0, 0.1) is 9.54 Å². The molecule has 16 heteroatoms. The summed E-state index contributed by atoms with van der Waals surface area (Å²) in [6, 6.07) is 20.1. The lowest BCUT2D eigenvalue weighted by Crippen LogP contribution is -2.47. The minimum absolute atomic E-state index is 0.496. The van der Waals surface area contributed by atoms with E-state index in [2.05, 4.69) is 53.4 Å². The SMILES string of the molecule is CCn1c(Cn2cc(-c3ccccc3)nn2)nn(CN2CCN(Cn3nc(Cn4cc(-c5ccccc5)nn4)n(CC)c3=S)CC2)c1=S. The normalized spacial score (nSPS) is 14.2. The van der Waals surface area contributed by atoms with Crippen molar-refractivity contribution in [1.29, 1.82) is 0 Å². The predicted octanol–water partition coefficient (Wildman–Crippen LogP) is 4.03. The van der Waals surface area contributed by atoms with Crippen LogP contribution in [0.3, 0.4) is 0 Å².